The molecule has 0 N–H and O–H groups in total. The molecule has 8 heteroatoms. The van der Waals surface area contributed by atoms with E-state index in [1.54, 1.807) is 20.8 Å². The Morgan fingerprint density at radius 3 is 2.35 bits per heavy atom. The molecule has 0 aliphatic carbocycles. The van der Waals surface area contributed by atoms with Crippen molar-refractivity contribution in [1.29, 1.82) is 0 Å². The van der Waals surface area contributed by atoms with E-state index < -0.39 is 29.5 Å². The lowest BCUT2D eigenvalue weighted by Crippen LogP contribution is -2.27. The third-order valence-corrected chi connectivity index (χ3v) is 1.81. The Balaban J connectivity index is 2.60. The molecule has 1 aromatic rings. The Morgan fingerprint density at radius 2 is 1.85 bits per heavy atom. The first-order chi connectivity index (χ1) is 8.97. The summed E-state index contributed by atoms with van der Waals surface area (Å²) >= 11 is 0. The first kappa shape index (κ1) is 16.1. The van der Waals surface area contributed by atoms with Gasteiger partial charge in [0.1, 0.15) is 24.0 Å². The van der Waals surface area contributed by atoms with E-state index in [1.165, 1.54) is 0 Å². The van der Waals surface area contributed by atoms with Crippen LogP contribution < -0.4 is 4.74 Å². The van der Waals surface area contributed by atoms with Crippen molar-refractivity contribution in [1.82, 2.24) is 0 Å². The molecule has 0 saturated heterocycles. The summed E-state index contributed by atoms with van der Waals surface area (Å²) in [5.74, 6) is -3.36. The summed E-state index contributed by atoms with van der Waals surface area (Å²) in [5.41, 5.74) is -0.685. The molecular weight excluding hydrogens is 281 g/mol. The summed E-state index contributed by atoms with van der Waals surface area (Å²) < 4.78 is 49.7. The number of carbonyl (C=O) groups excluding carboxylic acids is 2. The fraction of sp³-hybridized carbons (Fsp3) is 0.500. The SMILES string of the molecule is CC(C)(C)OC(=O)Cc1cc(OC(=O)C(F)(F)F)co1. The number of rotatable bonds is 3. The average Bonchev–Trinajstić information content (AvgIpc) is 2.60. The van der Waals surface area contributed by atoms with Crippen LogP contribution in [0.5, 0.6) is 5.75 Å². The van der Waals surface area contributed by atoms with E-state index in [0.717, 1.165) is 12.3 Å². The zero-order chi connectivity index (χ0) is 15.6. The number of alkyl halides is 3. The number of hydrogen-bond donors (Lipinski definition) is 0. The van der Waals surface area contributed by atoms with Crippen LogP contribution >= 0.6 is 0 Å². The number of hydrogen-bond acceptors (Lipinski definition) is 5. The van der Waals surface area contributed by atoms with E-state index in [4.69, 9.17) is 9.15 Å². The van der Waals surface area contributed by atoms with Gasteiger partial charge in [-0.05, 0) is 20.8 Å². The summed E-state index contributed by atoms with van der Waals surface area (Å²) in [6, 6.07) is 1.02. The van der Waals surface area contributed by atoms with Crippen LogP contribution in [0, 0.1) is 0 Å². The first-order valence-electron chi connectivity index (χ1n) is 5.55. The number of halogens is 3. The maximum atomic E-state index is 12.0. The molecule has 5 nitrogen and oxygen atoms in total. The van der Waals surface area contributed by atoms with Crippen molar-refractivity contribution in [3.63, 3.8) is 0 Å². The number of furan rings is 1. The molecule has 1 aromatic heterocycles. The van der Waals surface area contributed by atoms with Crippen molar-refractivity contribution in [2.75, 3.05) is 0 Å². The van der Waals surface area contributed by atoms with Gasteiger partial charge in [-0.1, -0.05) is 0 Å². The van der Waals surface area contributed by atoms with Crippen LogP contribution in [0.4, 0.5) is 13.2 Å². The third-order valence-electron chi connectivity index (χ3n) is 1.81. The highest BCUT2D eigenvalue weighted by Crippen LogP contribution is 2.22. The zero-order valence-corrected chi connectivity index (χ0v) is 11.0. The minimum Gasteiger partial charge on any atom is -0.465 e. The Labute approximate surface area is 112 Å². The lowest BCUT2D eigenvalue weighted by Gasteiger charge is -2.18. The van der Waals surface area contributed by atoms with Crippen LogP contribution in [0.1, 0.15) is 26.5 Å². The predicted octanol–water partition coefficient (Wildman–Crippen LogP) is 2.63. The molecule has 0 spiro atoms. The minimum absolute atomic E-state index is 0.0317. The van der Waals surface area contributed by atoms with Crippen molar-refractivity contribution in [3.05, 3.63) is 18.1 Å². The van der Waals surface area contributed by atoms with Crippen LogP contribution in [0.15, 0.2) is 16.7 Å². The highest BCUT2D eigenvalue weighted by Gasteiger charge is 2.41. The summed E-state index contributed by atoms with van der Waals surface area (Å²) in [6.45, 7) is 5.01. The molecule has 112 valence electrons. The monoisotopic (exact) mass is 294 g/mol. The molecule has 0 atom stereocenters. The molecule has 1 heterocycles. The summed E-state index contributed by atoms with van der Waals surface area (Å²) in [6.07, 6.45) is -4.56. The molecule has 20 heavy (non-hydrogen) atoms. The molecule has 0 aliphatic heterocycles. The lowest BCUT2D eigenvalue weighted by atomic mass is 10.2. The fourth-order valence-electron chi connectivity index (χ4n) is 1.19. The number of ether oxygens (including phenoxy) is 2. The van der Waals surface area contributed by atoms with Crippen LogP contribution in [0.2, 0.25) is 0 Å². The molecule has 0 saturated carbocycles. The maximum Gasteiger partial charge on any atom is 0.491 e. The van der Waals surface area contributed by atoms with Crippen molar-refractivity contribution in [2.45, 2.75) is 39.0 Å². The Hall–Kier alpha value is -1.99. The van der Waals surface area contributed by atoms with E-state index in [1.807, 2.05) is 0 Å². The topological polar surface area (TPSA) is 65.7 Å². The van der Waals surface area contributed by atoms with Gasteiger partial charge in [-0.25, -0.2) is 4.79 Å². The molecule has 0 aromatic carbocycles. The van der Waals surface area contributed by atoms with Gasteiger partial charge in [0.15, 0.2) is 5.75 Å². The summed E-state index contributed by atoms with van der Waals surface area (Å²) in [5, 5.41) is 0. The largest absolute Gasteiger partial charge is 0.491 e. The van der Waals surface area contributed by atoms with Crippen molar-refractivity contribution >= 4 is 11.9 Å². The van der Waals surface area contributed by atoms with Crippen molar-refractivity contribution in [3.8, 4) is 5.75 Å². The van der Waals surface area contributed by atoms with Gasteiger partial charge >= 0.3 is 18.1 Å². The fourth-order valence-corrected chi connectivity index (χ4v) is 1.19. The molecule has 0 amide bonds. The Bertz CT molecular complexity index is 496. The summed E-state index contributed by atoms with van der Waals surface area (Å²) in [7, 11) is 0. The average molecular weight is 294 g/mol. The van der Waals surface area contributed by atoms with Crippen LogP contribution in [-0.4, -0.2) is 23.7 Å². The molecule has 0 bridgehead atoms. The van der Waals surface area contributed by atoms with Gasteiger partial charge in [-0.15, -0.1) is 0 Å². The van der Waals surface area contributed by atoms with Gasteiger partial charge < -0.3 is 13.9 Å². The number of carbonyl (C=O) groups is 2. The highest BCUT2D eigenvalue weighted by molar-refractivity contribution is 5.78. The molecule has 1 rings (SSSR count). The Kier molecular flexibility index (Phi) is 4.46. The van der Waals surface area contributed by atoms with E-state index in [-0.39, 0.29) is 12.2 Å². The van der Waals surface area contributed by atoms with Gasteiger partial charge in [0, 0.05) is 6.07 Å². The molecule has 0 radical (unpaired) electrons. The van der Waals surface area contributed by atoms with Gasteiger partial charge in [0.2, 0.25) is 0 Å². The van der Waals surface area contributed by atoms with Gasteiger partial charge in [-0.3, -0.25) is 4.79 Å². The second-order valence-corrected chi connectivity index (χ2v) is 4.90. The molecular formula is C12H13F3O5. The van der Waals surface area contributed by atoms with E-state index in [0.29, 0.717) is 0 Å². The smallest absolute Gasteiger partial charge is 0.465 e. The molecule has 0 aliphatic rings. The molecule has 0 fully saturated rings. The lowest BCUT2D eigenvalue weighted by molar-refractivity contribution is -0.189. The van der Waals surface area contributed by atoms with Gasteiger partial charge in [0.05, 0.1) is 0 Å². The second kappa shape index (κ2) is 5.56. The van der Waals surface area contributed by atoms with Gasteiger partial charge in [0.25, 0.3) is 0 Å². The van der Waals surface area contributed by atoms with Gasteiger partial charge in [-0.2, -0.15) is 13.2 Å². The van der Waals surface area contributed by atoms with E-state index in [9.17, 15) is 22.8 Å². The third kappa shape index (κ3) is 5.33. The number of esters is 2. The predicted molar refractivity (Wildman–Crippen MR) is 59.9 cm³/mol. The normalized spacial score (nSPS) is 12.1. The van der Waals surface area contributed by atoms with E-state index in [2.05, 4.69) is 4.74 Å². The van der Waals surface area contributed by atoms with Crippen LogP contribution in [-0.2, 0) is 20.7 Å². The minimum atomic E-state index is -5.09. The van der Waals surface area contributed by atoms with Crippen LogP contribution in [0.3, 0.4) is 0 Å². The Morgan fingerprint density at radius 1 is 1.25 bits per heavy atom. The zero-order valence-electron chi connectivity index (χ0n) is 11.0. The van der Waals surface area contributed by atoms with Crippen LogP contribution in [0.25, 0.3) is 0 Å². The van der Waals surface area contributed by atoms with Crippen molar-refractivity contribution in [2.24, 2.45) is 0 Å². The molecule has 0 unspecified atom stereocenters. The standard InChI is InChI=1S/C12H13F3O5/c1-11(2,3)20-9(16)5-7-4-8(6-18-7)19-10(17)12(13,14)15/h4,6H,5H2,1-3H3. The quantitative estimate of drug-likeness (QED) is 0.802. The summed E-state index contributed by atoms with van der Waals surface area (Å²) in [4.78, 5) is 22.0. The van der Waals surface area contributed by atoms with E-state index >= 15 is 0 Å². The van der Waals surface area contributed by atoms with Crippen molar-refractivity contribution < 1.29 is 36.7 Å². The first-order valence-corrected chi connectivity index (χ1v) is 5.55. The highest BCUT2D eigenvalue weighted by atomic mass is 19.4. The maximum absolute atomic E-state index is 12.0. The second-order valence-electron chi connectivity index (χ2n) is 4.90.